The quantitative estimate of drug-likeness (QED) is 0.911. The van der Waals surface area contributed by atoms with E-state index in [1.54, 1.807) is 26.1 Å². The Balaban J connectivity index is 2.29. The van der Waals surface area contributed by atoms with Gasteiger partial charge < -0.3 is 10.3 Å². The summed E-state index contributed by atoms with van der Waals surface area (Å²) in [7, 11) is 0. The fourth-order valence-corrected chi connectivity index (χ4v) is 2.50. The maximum atomic E-state index is 12.5. The lowest BCUT2D eigenvalue weighted by Crippen LogP contribution is -2.34. The van der Waals surface area contributed by atoms with Gasteiger partial charge in [0.1, 0.15) is 5.56 Å². The molecule has 5 nitrogen and oxygen atoms in total. The van der Waals surface area contributed by atoms with Gasteiger partial charge in [-0.15, -0.1) is 0 Å². The summed E-state index contributed by atoms with van der Waals surface area (Å²) in [4.78, 5) is 31.5. The van der Waals surface area contributed by atoms with Crippen molar-refractivity contribution in [3.63, 3.8) is 0 Å². The van der Waals surface area contributed by atoms with Crippen LogP contribution >= 0.6 is 0 Å². The largest absolute Gasteiger partial charge is 0.343 e. The van der Waals surface area contributed by atoms with E-state index in [-0.39, 0.29) is 23.1 Å². The van der Waals surface area contributed by atoms with E-state index in [9.17, 15) is 9.59 Å². The van der Waals surface area contributed by atoms with E-state index in [1.807, 2.05) is 26.0 Å². The molecule has 0 aliphatic rings. The number of carbonyl (C=O) groups excluding carboxylic acids is 1. The van der Waals surface area contributed by atoms with Crippen LogP contribution in [0.25, 0.3) is 0 Å². The van der Waals surface area contributed by atoms with Gasteiger partial charge in [0.25, 0.3) is 11.5 Å². The van der Waals surface area contributed by atoms with Crippen molar-refractivity contribution in [2.24, 2.45) is 0 Å². The van der Waals surface area contributed by atoms with Crippen LogP contribution in [0.3, 0.4) is 0 Å². The Bertz CT molecular complexity index is 750. The van der Waals surface area contributed by atoms with Crippen molar-refractivity contribution in [2.45, 2.75) is 40.2 Å². The second-order valence-corrected chi connectivity index (χ2v) is 5.53. The molecular formula is C17H21N3O2. The highest BCUT2D eigenvalue weighted by atomic mass is 16.2. The van der Waals surface area contributed by atoms with E-state index >= 15 is 0 Å². The number of hydrogen-bond acceptors (Lipinski definition) is 3. The van der Waals surface area contributed by atoms with Crippen LogP contribution in [0.4, 0.5) is 0 Å². The molecule has 0 radical (unpaired) electrons. The lowest BCUT2D eigenvalue weighted by atomic mass is 10.1. The maximum Gasteiger partial charge on any atom is 0.261 e. The monoisotopic (exact) mass is 299 g/mol. The number of nitrogens with zero attached hydrogens (tertiary/aromatic N) is 1. The first kappa shape index (κ1) is 15.9. The molecule has 2 heterocycles. The normalized spacial score (nSPS) is 12.0. The molecule has 5 heteroatoms. The summed E-state index contributed by atoms with van der Waals surface area (Å²) in [6.07, 6.45) is 2.43. The third-order valence-electron chi connectivity index (χ3n) is 3.60. The number of nitrogens with one attached hydrogen (secondary N) is 2. The Morgan fingerprint density at radius 1 is 1.32 bits per heavy atom. The zero-order chi connectivity index (χ0) is 16.3. The van der Waals surface area contributed by atoms with E-state index in [0.29, 0.717) is 12.0 Å². The highest BCUT2D eigenvalue weighted by Gasteiger charge is 2.19. The number of carbonyl (C=O) groups is 1. The van der Waals surface area contributed by atoms with Gasteiger partial charge in [-0.2, -0.15) is 0 Å². The standard InChI is InChI=1S/C17H21N3O2/c1-5-13(14-8-10(2)6-7-18-14)20-17(22)15-11(3)9-12(4)19-16(15)21/h6-9,13H,5H2,1-4H3,(H,19,21)(H,20,22)/t13-/m0/s1. The predicted molar refractivity (Wildman–Crippen MR) is 86.0 cm³/mol. The summed E-state index contributed by atoms with van der Waals surface area (Å²) in [5.74, 6) is -0.367. The molecule has 0 aliphatic heterocycles. The Hall–Kier alpha value is -2.43. The minimum absolute atomic E-state index is 0.164. The van der Waals surface area contributed by atoms with Gasteiger partial charge in [0, 0.05) is 11.9 Å². The summed E-state index contributed by atoms with van der Waals surface area (Å²) in [6, 6.07) is 5.43. The zero-order valence-corrected chi connectivity index (χ0v) is 13.4. The molecule has 0 aliphatic carbocycles. The van der Waals surface area contributed by atoms with Crippen molar-refractivity contribution in [1.82, 2.24) is 15.3 Å². The first-order chi connectivity index (χ1) is 10.4. The van der Waals surface area contributed by atoms with Gasteiger partial charge in [-0.05, 0) is 56.5 Å². The van der Waals surface area contributed by atoms with E-state index in [1.165, 1.54) is 0 Å². The van der Waals surface area contributed by atoms with Gasteiger partial charge in [-0.25, -0.2) is 0 Å². The Morgan fingerprint density at radius 2 is 2.05 bits per heavy atom. The fraction of sp³-hybridized carbons (Fsp3) is 0.353. The average molecular weight is 299 g/mol. The van der Waals surface area contributed by atoms with Gasteiger partial charge in [0.15, 0.2) is 0 Å². The number of hydrogen-bond donors (Lipinski definition) is 2. The lowest BCUT2D eigenvalue weighted by molar-refractivity contribution is 0.0932. The highest BCUT2D eigenvalue weighted by molar-refractivity contribution is 5.95. The third-order valence-corrected chi connectivity index (χ3v) is 3.60. The number of H-pyrrole nitrogens is 1. The van der Waals surface area contributed by atoms with E-state index in [4.69, 9.17) is 0 Å². The summed E-state index contributed by atoms with van der Waals surface area (Å²) in [5.41, 5.74) is 3.11. The number of amides is 1. The molecule has 22 heavy (non-hydrogen) atoms. The molecule has 0 bridgehead atoms. The fourth-order valence-electron chi connectivity index (χ4n) is 2.50. The second-order valence-electron chi connectivity index (χ2n) is 5.53. The summed E-state index contributed by atoms with van der Waals surface area (Å²) in [5, 5.41) is 2.91. The van der Waals surface area contributed by atoms with Crippen molar-refractivity contribution in [2.75, 3.05) is 0 Å². The number of aromatic amines is 1. The topological polar surface area (TPSA) is 74.8 Å². The van der Waals surface area contributed by atoms with Crippen molar-refractivity contribution < 1.29 is 4.79 Å². The Labute approximate surface area is 129 Å². The van der Waals surface area contributed by atoms with Crippen LogP contribution in [0.2, 0.25) is 0 Å². The molecule has 1 atom stereocenters. The molecule has 0 unspecified atom stereocenters. The Kier molecular flexibility index (Phi) is 4.75. The number of aryl methyl sites for hydroxylation is 3. The van der Waals surface area contributed by atoms with E-state index in [2.05, 4.69) is 15.3 Å². The SMILES string of the molecule is CC[C@H](NC(=O)c1c(C)cc(C)[nH]c1=O)c1cc(C)ccn1. The van der Waals surface area contributed by atoms with Crippen LogP contribution in [0.1, 0.15) is 52.3 Å². The molecule has 0 fully saturated rings. The van der Waals surface area contributed by atoms with Crippen molar-refractivity contribution >= 4 is 5.91 Å². The van der Waals surface area contributed by atoms with Crippen molar-refractivity contribution in [1.29, 1.82) is 0 Å². The summed E-state index contributed by atoms with van der Waals surface area (Å²) < 4.78 is 0. The smallest absolute Gasteiger partial charge is 0.261 e. The zero-order valence-electron chi connectivity index (χ0n) is 13.4. The number of aromatic nitrogens is 2. The molecule has 0 spiro atoms. The molecule has 2 aromatic heterocycles. The van der Waals surface area contributed by atoms with Crippen LogP contribution in [-0.2, 0) is 0 Å². The molecule has 0 saturated heterocycles. The first-order valence-electron chi connectivity index (χ1n) is 7.36. The highest BCUT2D eigenvalue weighted by Crippen LogP contribution is 2.16. The average Bonchev–Trinajstić information content (AvgIpc) is 2.43. The summed E-state index contributed by atoms with van der Waals surface area (Å²) >= 11 is 0. The molecule has 0 aromatic carbocycles. The van der Waals surface area contributed by atoms with Crippen molar-refractivity contribution in [3.05, 3.63) is 62.8 Å². The molecule has 1 amide bonds. The molecule has 0 saturated carbocycles. The van der Waals surface area contributed by atoms with Gasteiger partial charge in [-0.3, -0.25) is 14.6 Å². The third kappa shape index (κ3) is 3.42. The van der Waals surface area contributed by atoms with Crippen LogP contribution in [-0.4, -0.2) is 15.9 Å². The predicted octanol–water partition coefficient (Wildman–Crippen LogP) is 2.58. The molecular weight excluding hydrogens is 278 g/mol. The van der Waals surface area contributed by atoms with Gasteiger partial charge >= 0.3 is 0 Å². The Morgan fingerprint density at radius 3 is 2.64 bits per heavy atom. The number of pyridine rings is 2. The molecule has 2 N–H and O–H groups in total. The minimum atomic E-state index is -0.367. The van der Waals surface area contributed by atoms with Crippen LogP contribution in [0.15, 0.2) is 29.2 Å². The van der Waals surface area contributed by atoms with Crippen LogP contribution in [0.5, 0.6) is 0 Å². The number of rotatable bonds is 4. The van der Waals surface area contributed by atoms with Crippen molar-refractivity contribution in [3.8, 4) is 0 Å². The van der Waals surface area contributed by atoms with E-state index in [0.717, 1.165) is 17.0 Å². The lowest BCUT2D eigenvalue weighted by Gasteiger charge is -2.17. The minimum Gasteiger partial charge on any atom is -0.343 e. The van der Waals surface area contributed by atoms with Crippen LogP contribution < -0.4 is 10.9 Å². The molecule has 2 rings (SSSR count). The maximum absolute atomic E-state index is 12.5. The van der Waals surface area contributed by atoms with Crippen LogP contribution in [0, 0.1) is 20.8 Å². The first-order valence-corrected chi connectivity index (χ1v) is 7.36. The van der Waals surface area contributed by atoms with Gasteiger partial charge in [0.05, 0.1) is 11.7 Å². The summed E-state index contributed by atoms with van der Waals surface area (Å²) in [6.45, 7) is 7.51. The second kappa shape index (κ2) is 6.56. The van der Waals surface area contributed by atoms with Gasteiger partial charge in [-0.1, -0.05) is 6.92 Å². The van der Waals surface area contributed by atoms with Gasteiger partial charge in [0.2, 0.25) is 0 Å². The van der Waals surface area contributed by atoms with E-state index < -0.39 is 0 Å². The molecule has 116 valence electrons. The molecule has 2 aromatic rings.